The predicted molar refractivity (Wildman–Crippen MR) is 60.3 cm³/mol. The van der Waals surface area contributed by atoms with E-state index in [1.165, 1.54) is 12.1 Å². The molecule has 2 rings (SSSR count). The second kappa shape index (κ2) is 3.38. The first kappa shape index (κ1) is 9.15. The quantitative estimate of drug-likeness (QED) is 0.608. The van der Waals surface area contributed by atoms with Crippen molar-refractivity contribution in [1.82, 2.24) is 0 Å². The second-order valence-electron chi connectivity index (χ2n) is 4.01. The number of benzene rings is 1. The smallest absolute Gasteiger partial charge is 0.0982 e. The van der Waals surface area contributed by atoms with Crippen molar-refractivity contribution in [3.05, 3.63) is 30.3 Å². The molecule has 0 aromatic heterocycles. The van der Waals surface area contributed by atoms with Gasteiger partial charge in [-0.15, -0.1) is 6.42 Å². The van der Waals surface area contributed by atoms with Crippen LogP contribution in [-0.2, 0) is 0 Å². The zero-order valence-electron chi connectivity index (χ0n) is 8.53. The molecule has 1 aromatic rings. The Morgan fingerprint density at radius 1 is 1.36 bits per heavy atom. The van der Waals surface area contributed by atoms with Crippen LogP contribution in [0.1, 0.15) is 19.8 Å². The van der Waals surface area contributed by atoms with Crippen molar-refractivity contribution < 1.29 is 0 Å². The summed E-state index contributed by atoms with van der Waals surface area (Å²) in [5.74, 6) is 2.91. The van der Waals surface area contributed by atoms with Gasteiger partial charge in [0.05, 0.1) is 5.54 Å². The number of para-hydroxylation sites is 1. The summed E-state index contributed by atoms with van der Waals surface area (Å²) < 4.78 is 0. The second-order valence-corrected chi connectivity index (χ2v) is 4.01. The van der Waals surface area contributed by atoms with Gasteiger partial charge in [-0.1, -0.05) is 24.1 Å². The van der Waals surface area contributed by atoms with E-state index in [0.717, 1.165) is 13.0 Å². The van der Waals surface area contributed by atoms with Crippen molar-refractivity contribution in [3.8, 4) is 12.3 Å². The van der Waals surface area contributed by atoms with Crippen molar-refractivity contribution in [2.75, 3.05) is 11.4 Å². The molecule has 1 nitrogen and oxygen atoms in total. The van der Waals surface area contributed by atoms with E-state index in [2.05, 4.69) is 42.0 Å². The molecule has 0 N–H and O–H groups in total. The molecule has 1 heteroatoms. The average Bonchev–Trinajstić information content (AvgIpc) is 2.63. The molecule has 0 radical (unpaired) electrons. The normalized spacial score (nSPS) is 26.1. The average molecular weight is 185 g/mol. The van der Waals surface area contributed by atoms with Crippen LogP contribution in [0.3, 0.4) is 0 Å². The molecule has 1 aliphatic rings. The van der Waals surface area contributed by atoms with Gasteiger partial charge in [0.1, 0.15) is 0 Å². The van der Waals surface area contributed by atoms with Crippen molar-refractivity contribution in [2.24, 2.45) is 0 Å². The molecule has 0 saturated carbocycles. The number of rotatable bonds is 1. The van der Waals surface area contributed by atoms with E-state index >= 15 is 0 Å². The fraction of sp³-hybridized carbons (Fsp3) is 0.385. The highest BCUT2D eigenvalue weighted by molar-refractivity contribution is 5.52. The van der Waals surface area contributed by atoms with Gasteiger partial charge in [-0.25, -0.2) is 0 Å². The van der Waals surface area contributed by atoms with Crippen molar-refractivity contribution in [3.63, 3.8) is 0 Å². The maximum Gasteiger partial charge on any atom is 0.0982 e. The lowest BCUT2D eigenvalue weighted by molar-refractivity contribution is 0.604. The Morgan fingerprint density at radius 3 is 2.71 bits per heavy atom. The molecule has 1 heterocycles. The van der Waals surface area contributed by atoms with Crippen LogP contribution in [0.2, 0.25) is 0 Å². The predicted octanol–water partition coefficient (Wildman–Crippen LogP) is 2.68. The zero-order chi connectivity index (χ0) is 10.0. The lowest BCUT2D eigenvalue weighted by Crippen LogP contribution is -2.39. The summed E-state index contributed by atoms with van der Waals surface area (Å²) in [5, 5.41) is 0. The summed E-state index contributed by atoms with van der Waals surface area (Å²) in [5.41, 5.74) is 1.16. The Labute approximate surface area is 85.7 Å². The summed E-state index contributed by atoms with van der Waals surface area (Å²) in [6.07, 6.45) is 7.89. The number of hydrogen-bond donors (Lipinski definition) is 0. The minimum absolute atomic E-state index is 0.0820. The van der Waals surface area contributed by atoms with E-state index in [9.17, 15) is 0 Å². The largest absolute Gasteiger partial charge is 0.355 e. The van der Waals surface area contributed by atoms with Gasteiger partial charge < -0.3 is 4.90 Å². The number of anilines is 1. The van der Waals surface area contributed by atoms with Crippen LogP contribution in [0.25, 0.3) is 0 Å². The Morgan fingerprint density at radius 2 is 2.07 bits per heavy atom. The molecular formula is C13H15N. The van der Waals surface area contributed by atoms with E-state index < -0.39 is 0 Å². The van der Waals surface area contributed by atoms with Gasteiger partial charge in [0, 0.05) is 12.2 Å². The van der Waals surface area contributed by atoms with Gasteiger partial charge in [-0.2, -0.15) is 0 Å². The van der Waals surface area contributed by atoms with Crippen LogP contribution < -0.4 is 4.90 Å². The highest BCUT2D eigenvalue weighted by Gasteiger charge is 2.34. The molecule has 1 atom stereocenters. The number of terminal acetylenes is 1. The fourth-order valence-electron chi connectivity index (χ4n) is 2.14. The lowest BCUT2D eigenvalue weighted by Gasteiger charge is -2.32. The van der Waals surface area contributed by atoms with Gasteiger partial charge in [0.2, 0.25) is 0 Å². The third-order valence-electron chi connectivity index (χ3n) is 3.02. The first-order valence-corrected chi connectivity index (χ1v) is 5.07. The Kier molecular flexibility index (Phi) is 2.21. The molecule has 14 heavy (non-hydrogen) atoms. The third kappa shape index (κ3) is 1.37. The van der Waals surface area contributed by atoms with Gasteiger partial charge in [-0.3, -0.25) is 0 Å². The fourth-order valence-corrected chi connectivity index (χ4v) is 2.14. The molecule has 0 aliphatic carbocycles. The van der Waals surface area contributed by atoms with E-state index in [4.69, 9.17) is 6.42 Å². The first-order valence-electron chi connectivity index (χ1n) is 5.07. The van der Waals surface area contributed by atoms with Crippen LogP contribution in [0.5, 0.6) is 0 Å². The molecule has 72 valence electrons. The number of hydrogen-bond acceptors (Lipinski definition) is 1. The monoisotopic (exact) mass is 185 g/mol. The molecule has 1 unspecified atom stereocenters. The van der Waals surface area contributed by atoms with E-state index in [1.54, 1.807) is 0 Å². The van der Waals surface area contributed by atoms with Crippen molar-refractivity contribution in [1.29, 1.82) is 0 Å². The molecule has 1 saturated heterocycles. The molecule has 1 aliphatic heterocycles. The first-order chi connectivity index (χ1) is 6.76. The summed E-state index contributed by atoms with van der Waals surface area (Å²) in [7, 11) is 0. The Bertz CT molecular complexity index is 349. The molecule has 1 aromatic carbocycles. The highest BCUT2D eigenvalue weighted by Crippen LogP contribution is 2.32. The zero-order valence-corrected chi connectivity index (χ0v) is 8.53. The van der Waals surface area contributed by atoms with Crippen LogP contribution in [0.4, 0.5) is 5.69 Å². The van der Waals surface area contributed by atoms with Gasteiger partial charge in [0.25, 0.3) is 0 Å². The summed E-state index contributed by atoms with van der Waals surface area (Å²) in [6.45, 7) is 3.22. The lowest BCUT2D eigenvalue weighted by atomic mass is 10.00. The van der Waals surface area contributed by atoms with Gasteiger partial charge >= 0.3 is 0 Å². The molecule has 0 spiro atoms. The van der Waals surface area contributed by atoms with Gasteiger partial charge in [-0.05, 0) is 31.9 Å². The topological polar surface area (TPSA) is 3.24 Å². The summed E-state index contributed by atoms with van der Waals surface area (Å²) >= 11 is 0. The van der Waals surface area contributed by atoms with Crippen molar-refractivity contribution >= 4 is 5.69 Å². The highest BCUT2D eigenvalue weighted by atomic mass is 15.2. The molecule has 0 amide bonds. The summed E-state index contributed by atoms with van der Waals surface area (Å²) in [6, 6.07) is 10.4. The summed E-state index contributed by atoms with van der Waals surface area (Å²) in [4.78, 5) is 2.33. The third-order valence-corrected chi connectivity index (χ3v) is 3.02. The van der Waals surface area contributed by atoms with Crippen molar-refractivity contribution in [2.45, 2.75) is 25.3 Å². The van der Waals surface area contributed by atoms with E-state index in [-0.39, 0.29) is 5.54 Å². The minimum Gasteiger partial charge on any atom is -0.355 e. The molecular weight excluding hydrogens is 170 g/mol. The molecule has 0 bridgehead atoms. The Balaban J connectivity index is 2.32. The van der Waals surface area contributed by atoms with Gasteiger partial charge in [0.15, 0.2) is 0 Å². The standard InChI is InChI=1S/C13H15N/c1-3-13(2)10-7-11-14(13)12-8-5-4-6-9-12/h1,4-6,8-9H,7,10-11H2,2H3. The minimum atomic E-state index is -0.0820. The van der Waals surface area contributed by atoms with Crippen LogP contribution in [-0.4, -0.2) is 12.1 Å². The van der Waals surface area contributed by atoms with Crippen LogP contribution in [0.15, 0.2) is 30.3 Å². The maximum absolute atomic E-state index is 5.60. The SMILES string of the molecule is C#CC1(C)CCCN1c1ccccc1. The van der Waals surface area contributed by atoms with E-state index in [1.807, 2.05) is 6.07 Å². The molecule has 1 fully saturated rings. The maximum atomic E-state index is 5.60. The van der Waals surface area contributed by atoms with Crippen LogP contribution >= 0.6 is 0 Å². The number of nitrogens with zero attached hydrogens (tertiary/aromatic N) is 1. The Hall–Kier alpha value is -1.42. The van der Waals surface area contributed by atoms with Crippen LogP contribution in [0, 0.1) is 12.3 Å². The van der Waals surface area contributed by atoms with E-state index in [0.29, 0.717) is 0 Å².